The second-order valence-electron chi connectivity index (χ2n) is 6.88. The zero-order valence-corrected chi connectivity index (χ0v) is 16.9. The standard InChI is InChI=1S/C20H21BrClN3.CH4/c1-13-3-4-14(11-23-13)7-10-25-18-8-9-24(2)12-15(18)19-16(21)5-6-17(22)20(19)25;/h3-6,11H,7-10,12H2,1-2H3;1H4. The number of likely N-dealkylation sites (N-methyl/N-ethyl adjacent to an activating group) is 1. The zero-order chi connectivity index (χ0) is 17.6. The maximum absolute atomic E-state index is 6.63. The number of pyridine rings is 1. The molecule has 3 nitrogen and oxygen atoms in total. The summed E-state index contributed by atoms with van der Waals surface area (Å²) in [7, 11) is 2.18. The third-order valence-corrected chi connectivity index (χ3v) is 6.04. The summed E-state index contributed by atoms with van der Waals surface area (Å²) in [5.74, 6) is 0. The zero-order valence-electron chi connectivity index (χ0n) is 14.5. The molecule has 3 heterocycles. The highest BCUT2D eigenvalue weighted by Crippen LogP contribution is 2.39. The SMILES string of the molecule is C.Cc1ccc(CCn2c3c(c4c(Br)ccc(Cl)c42)CN(C)CC3)cn1. The Morgan fingerprint density at radius 2 is 2.04 bits per heavy atom. The van der Waals surface area contributed by atoms with E-state index in [0.717, 1.165) is 53.2 Å². The second-order valence-corrected chi connectivity index (χ2v) is 8.14. The van der Waals surface area contributed by atoms with Gasteiger partial charge in [-0.3, -0.25) is 4.98 Å². The number of benzene rings is 1. The van der Waals surface area contributed by atoms with Crippen molar-refractivity contribution in [3.63, 3.8) is 0 Å². The fourth-order valence-corrected chi connectivity index (χ4v) is 4.59. The smallest absolute Gasteiger partial charge is 0.0686 e. The molecule has 0 saturated heterocycles. The van der Waals surface area contributed by atoms with Crippen LogP contribution in [0.25, 0.3) is 10.9 Å². The van der Waals surface area contributed by atoms with E-state index in [-0.39, 0.29) is 7.43 Å². The molecule has 0 unspecified atom stereocenters. The van der Waals surface area contributed by atoms with Crippen LogP contribution in [0.2, 0.25) is 5.02 Å². The number of aryl methyl sites for hydroxylation is 3. The minimum atomic E-state index is 0. The Labute approximate surface area is 169 Å². The van der Waals surface area contributed by atoms with E-state index in [2.05, 4.69) is 55.6 Å². The number of halogens is 2. The lowest BCUT2D eigenvalue weighted by atomic mass is 10.1. The maximum Gasteiger partial charge on any atom is 0.0686 e. The number of hydrogen-bond acceptors (Lipinski definition) is 2. The summed E-state index contributed by atoms with van der Waals surface area (Å²) in [4.78, 5) is 6.80. The van der Waals surface area contributed by atoms with Crippen molar-refractivity contribution in [3.05, 3.63) is 62.5 Å². The van der Waals surface area contributed by atoms with Crippen LogP contribution in [-0.4, -0.2) is 28.0 Å². The topological polar surface area (TPSA) is 21.1 Å². The second kappa shape index (κ2) is 7.71. The van der Waals surface area contributed by atoms with Gasteiger partial charge in [-0.25, -0.2) is 0 Å². The molecule has 0 atom stereocenters. The molecule has 0 amide bonds. The first-order chi connectivity index (χ1) is 12.0. The van der Waals surface area contributed by atoms with Gasteiger partial charge in [-0.1, -0.05) is 41.0 Å². The van der Waals surface area contributed by atoms with Crippen LogP contribution in [0.15, 0.2) is 34.9 Å². The Morgan fingerprint density at radius 1 is 1.23 bits per heavy atom. The number of aromatic nitrogens is 2. The molecular formula is C21H25BrClN3. The summed E-state index contributed by atoms with van der Waals surface area (Å²) in [6.45, 7) is 5.01. The highest BCUT2D eigenvalue weighted by Gasteiger charge is 2.25. The van der Waals surface area contributed by atoms with Crippen LogP contribution in [0.3, 0.4) is 0 Å². The lowest BCUT2D eigenvalue weighted by Gasteiger charge is -2.24. The molecule has 1 aliphatic heterocycles. The average Bonchev–Trinajstić information content (AvgIpc) is 2.92. The van der Waals surface area contributed by atoms with Crippen molar-refractivity contribution in [3.8, 4) is 0 Å². The first kappa shape index (κ1) is 19.4. The maximum atomic E-state index is 6.63. The third-order valence-electron chi connectivity index (χ3n) is 5.08. The molecular weight excluding hydrogens is 410 g/mol. The highest BCUT2D eigenvalue weighted by atomic mass is 79.9. The molecule has 0 saturated carbocycles. The minimum absolute atomic E-state index is 0. The normalized spacial score (nSPS) is 14.3. The van der Waals surface area contributed by atoms with Crippen LogP contribution < -0.4 is 0 Å². The van der Waals surface area contributed by atoms with Gasteiger partial charge in [-0.05, 0) is 49.7 Å². The lowest BCUT2D eigenvalue weighted by molar-refractivity contribution is 0.309. The van der Waals surface area contributed by atoms with E-state index in [4.69, 9.17) is 11.6 Å². The van der Waals surface area contributed by atoms with Crippen LogP contribution in [0, 0.1) is 6.92 Å². The predicted octanol–water partition coefficient (Wildman–Crippen LogP) is 5.63. The molecule has 2 aromatic heterocycles. The molecule has 0 bridgehead atoms. The van der Waals surface area contributed by atoms with E-state index in [1.165, 1.54) is 22.2 Å². The number of hydrogen-bond donors (Lipinski definition) is 0. The van der Waals surface area contributed by atoms with E-state index >= 15 is 0 Å². The minimum Gasteiger partial charge on any atom is -0.343 e. The molecule has 0 radical (unpaired) electrons. The van der Waals surface area contributed by atoms with E-state index in [1.807, 2.05) is 19.2 Å². The summed E-state index contributed by atoms with van der Waals surface area (Å²) >= 11 is 10.4. The molecule has 0 fully saturated rings. The van der Waals surface area contributed by atoms with E-state index in [9.17, 15) is 0 Å². The first-order valence-electron chi connectivity index (χ1n) is 8.62. The monoisotopic (exact) mass is 433 g/mol. The molecule has 1 aromatic carbocycles. The van der Waals surface area contributed by atoms with Crippen molar-refractivity contribution in [2.45, 2.75) is 40.3 Å². The Kier molecular flexibility index (Phi) is 5.75. The number of rotatable bonds is 3. The lowest BCUT2D eigenvalue weighted by Crippen LogP contribution is -2.27. The Balaban J connectivity index is 0.00000196. The molecule has 4 rings (SSSR count). The van der Waals surface area contributed by atoms with Crippen molar-refractivity contribution >= 4 is 38.4 Å². The quantitative estimate of drug-likeness (QED) is 0.533. The average molecular weight is 435 g/mol. The molecule has 138 valence electrons. The van der Waals surface area contributed by atoms with Gasteiger partial charge in [0.1, 0.15) is 0 Å². The van der Waals surface area contributed by atoms with Crippen molar-refractivity contribution in [1.29, 1.82) is 0 Å². The van der Waals surface area contributed by atoms with Crippen molar-refractivity contribution in [2.24, 2.45) is 0 Å². The Bertz CT molecular complexity index is 931. The van der Waals surface area contributed by atoms with Gasteiger partial charge in [-0.15, -0.1) is 0 Å². The molecule has 0 spiro atoms. The fourth-order valence-electron chi connectivity index (χ4n) is 3.77. The van der Waals surface area contributed by atoms with Gasteiger partial charge >= 0.3 is 0 Å². The fraction of sp³-hybridized carbons (Fsp3) is 0.381. The van der Waals surface area contributed by atoms with Crippen molar-refractivity contribution in [2.75, 3.05) is 13.6 Å². The summed E-state index contributed by atoms with van der Waals surface area (Å²) in [6.07, 6.45) is 4.01. The Morgan fingerprint density at radius 3 is 2.77 bits per heavy atom. The first-order valence-corrected chi connectivity index (χ1v) is 9.79. The van der Waals surface area contributed by atoms with Gasteiger partial charge in [0.2, 0.25) is 0 Å². The molecule has 0 aliphatic carbocycles. The van der Waals surface area contributed by atoms with E-state index in [0.29, 0.717) is 0 Å². The van der Waals surface area contributed by atoms with E-state index in [1.54, 1.807) is 0 Å². The number of fused-ring (bicyclic) bond motifs is 3. The van der Waals surface area contributed by atoms with Crippen LogP contribution in [-0.2, 0) is 25.9 Å². The summed E-state index contributed by atoms with van der Waals surface area (Å²) in [5, 5.41) is 2.10. The van der Waals surface area contributed by atoms with Gasteiger partial charge in [0.15, 0.2) is 0 Å². The summed E-state index contributed by atoms with van der Waals surface area (Å²) < 4.78 is 3.57. The highest BCUT2D eigenvalue weighted by molar-refractivity contribution is 9.10. The Hall–Kier alpha value is -1.36. The predicted molar refractivity (Wildman–Crippen MR) is 114 cm³/mol. The van der Waals surface area contributed by atoms with Crippen LogP contribution in [0.1, 0.15) is 29.9 Å². The van der Waals surface area contributed by atoms with Gasteiger partial charge in [0, 0.05) is 53.5 Å². The summed E-state index contributed by atoms with van der Waals surface area (Å²) in [6, 6.07) is 8.31. The largest absolute Gasteiger partial charge is 0.343 e. The molecule has 26 heavy (non-hydrogen) atoms. The van der Waals surface area contributed by atoms with Crippen LogP contribution >= 0.6 is 27.5 Å². The van der Waals surface area contributed by atoms with Gasteiger partial charge in [0.25, 0.3) is 0 Å². The molecule has 0 N–H and O–H groups in total. The summed E-state index contributed by atoms with van der Waals surface area (Å²) in [5.41, 5.74) is 6.33. The van der Waals surface area contributed by atoms with Gasteiger partial charge < -0.3 is 9.47 Å². The van der Waals surface area contributed by atoms with Crippen molar-refractivity contribution < 1.29 is 0 Å². The third kappa shape index (κ3) is 3.42. The van der Waals surface area contributed by atoms with Crippen LogP contribution in [0.5, 0.6) is 0 Å². The molecule has 3 aromatic rings. The van der Waals surface area contributed by atoms with E-state index < -0.39 is 0 Å². The molecule has 5 heteroatoms. The van der Waals surface area contributed by atoms with Gasteiger partial charge in [-0.2, -0.15) is 0 Å². The van der Waals surface area contributed by atoms with Crippen molar-refractivity contribution in [1.82, 2.24) is 14.5 Å². The van der Waals surface area contributed by atoms with Crippen LogP contribution in [0.4, 0.5) is 0 Å². The molecule has 1 aliphatic rings. The number of nitrogens with zero attached hydrogens (tertiary/aromatic N) is 3. The van der Waals surface area contributed by atoms with Gasteiger partial charge in [0.05, 0.1) is 10.5 Å².